The van der Waals surface area contributed by atoms with Crippen LogP contribution in [0.3, 0.4) is 0 Å². The van der Waals surface area contributed by atoms with Gasteiger partial charge >= 0.3 is 0 Å². The summed E-state index contributed by atoms with van der Waals surface area (Å²) in [6.07, 6.45) is 0.247. The summed E-state index contributed by atoms with van der Waals surface area (Å²) in [7, 11) is -2.32. The molecule has 0 aliphatic heterocycles. The molecule has 0 saturated carbocycles. The summed E-state index contributed by atoms with van der Waals surface area (Å²) < 4.78 is 46.1. The van der Waals surface area contributed by atoms with Gasteiger partial charge in [0.1, 0.15) is 5.82 Å². The van der Waals surface area contributed by atoms with Crippen molar-refractivity contribution in [1.82, 2.24) is 4.72 Å². The molecule has 1 aromatic rings. The quantitative estimate of drug-likeness (QED) is 0.503. The van der Waals surface area contributed by atoms with E-state index in [0.717, 1.165) is 6.07 Å². The maximum Gasteiger partial charge on any atom is 0.299 e. The normalized spacial score (nSPS) is 10.8. The van der Waals surface area contributed by atoms with Crippen LogP contribution in [0.2, 0.25) is 0 Å². The molecule has 0 amide bonds. The molecule has 6 nitrogen and oxygen atoms in total. The molecule has 0 aliphatic rings. The number of anilines is 1. The first-order valence-electron chi connectivity index (χ1n) is 6.14. The molecule has 0 aliphatic carbocycles. The number of hydrogen-bond donors (Lipinski definition) is 3. The highest BCUT2D eigenvalue weighted by Crippen LogP contribution is 2.14. The number of rotatable bonds is 7. The second kappa shape index (κ2) is 8.59. The molecule has 21 heavy (non-hydrogen) atoms. The first-order chi connectivity index (χ1) is 9.98. The van der Waals surface area contributed by atoms with Gasteiger partial charge in [0.25, 0.3) is 10.2 Å². The first kappa shape index (κ1) is 17.4. The van der Waals surface area contributed by atoms with Gasteiger partial charge in [0.2, 0.25) is 0 Å². The number of benzene rings is 1. The molecule has 0 fully saturated rings. The van der Waals surface area contributed by atoms with E-state index in [1.807, 2.05) is 0 Å². The molecule has 0 unspecified atom stereocenters. The summed E-state index contributed by atoms with van der Waals surface area (Å²) in [6.45, 7) is 0.243. The molecule has 1 rings (SSSR count). The van der Waals surface area contributed by atoms with Crippen LogP contribution in [-0.4, -0.2) is 40.4 Å². The highest BCUT2D eigenvalue weighted by Gasteiger charge is 2.10. The van der Waals surface area contributed by atoms with E-state index in [-0.39, 0.29) is 37.4 Å². The summed E-state index contributed by atoms with van der Waals surface area (Å²) in [4.78, 5) is 0. The molecule has 0 saturated heterocycles. The zero-order valence-electron chi connectivity index (χ0n) is 11.5. The predicted molar refractivity (Wildman–Crippen MR) is 77.4 cm³/mol. The Hall–Kier alpha value is -1.66. The molecule has 0 bridgehead atoms. The lowest BCUT2D eigenvalue weighted by Gasteiger charge is -2.09. The van der Waals surface area contributed by atoms with Gasteiger partial charge in [-0.15, -0.1) is 0 Å². The van der Waals surface area contributed by atoms with Crippen molar-refractivity contribution in [3.05, 3.63) is 29.6 Å². The zero-order valence-corrected chi connectivity index (χ0v) is 12.3. The van der Waals surface area contributed by atoms with Gasteiger partial charge in [-0.1, -0.05) is 11.8 Å². The average molecular weight is 316 g/mol. The summed E-state index contributed by atoms with van der Waals surface area (Å²) in [5.41, 5.74) is 0.226. The van der Waals surface area contributed by atoms with Crippen molar-refractivity contribution in [3.8, 4) is 11.8 Å². The molecular weight excluding hydrogens is 299 g/mol. The average Bonchev–Trinajstić information content (AvgIpc) is 2.41. The molecule has 3 N–H and O–H groups in total. The van der Waals surface area contributed by atoms with Crippen LogP contribution >= 0.6 is 0 Å². The van der Waals surface area contributed by atoms with Gasteiger partial charge in [0.05, 0.1) is 24.5 Å². The second-order valence-electron chi connectivity index (χ2n) is 3.96. The number of nitrogens with one attached hydrogen (secondary N) is 2. The standard InChI is InChI=1S/C13H17FN2O4S/c1-20-9-7-15-21(18,19)16-12-6-5-11(13(14)10-12)4-2-3-8-17/h5-6,10,15-17H,3,7-9H2,1H3. The van der Waals surface area contributed by atoms with Gasteiger partial charge in [0.15, 0.2) is 0 Å². The molecule has 0 heterocycles. The smallest absolute Gasteiger partial charge is 0.299 e. The Morgan fingerprint density at radius 3 is 2.81 bits per heavy atom. The van der Waals surface area contributed by atoms with Crippen LogP contribution in [0.25, 0.3) is 0 Å². The lowest BCUT2D eigenvalue weighted by atomic mass is 10.2. The third-order valence-electron chi connectivity index (χ3n) is 2.28. The fraction of sp³-hybridized carbons (Fsp3) is 0.385. The number of methoxy groups -OCH3 is 1. The van der Waals surface area contributed by atoms with Crippen molar-refractivity contribution in [2.75, 3.05) is 31.6 Å². The predicted octanol–water partition coefficient (Wildman–Crippen LogP) is 0.452. The SMILES string of the molecule is COCCNS(=O)(=O)Nc1ccc(C#CCCO)c(F)c1. The Morgan fingerprint density at radius 1 is 1.43 bits per heavy atom. The Morgan fingerprint density at radius 2 is 2.19 bits per heavy atom. The van der Waals surface area contributed by atoms with E-state index in [4.69, 9.17) is 9.84 Å². The van der Waals surface area contributed by atoms with Gasteiger partial charge < -0.3 is 9.84 Å². The molecule has 0 radical (unpaired) electrons. The molecule has 0 spiro atoms. The molecular formula is C13H17FN2O4S. The first-order valence-corrected chi connectivity index (χ1v) is 7.62. The minimum atomic E-state index is -3.77. The number of aliphatic hydroxyl groups is 1. The lowest BCUT2D eigenvalue weighted by molar-refractivity contribution is 0.204. The van der Waals surface area contributed by atoms with Crippen LogP contribution in [0.5, 0.6) is 0 Å². The van der Waals surface area contributed by atoms with E-state index in [1.54, 1.807) is 0 Å². The number of aliphatic hydroxyl groups excluding tert-OH is 1. The van der Waals surface area contributed by atoms with Gasteiger partial charge in [-0.3, -0.25) is 4.72 Å². The van der Waals surface area contributed by atoms with E-state index in [9.17, 15) is 12.8 Å². The van der Waals surface area contributed by atoms with Crippen LogP contribution in [0.4, 0.5) is 10.1 Å². The molecule has 8 heteroatoms. The summed E-state index contributed by atoms with van der Waals surface area (Å²) in [6, 6.07) is 3.81. The summed E-state index contributed by atoms with van der Waals surface area (Å²) in [5.74, 6) is 4.50. The fourth-order valence-electron chi connectivity index (χ4n) is 1.36. The van der Waals surface area contributed by atoms with Crippen LogP contribution in [-0.2, 0) is 14.9 Å². The van der Waals surface area contributed by atoms with Gasteiger partial charge in [-0.05, 0) is 18.2 Å². The monoisotopic (exact) mass is 316 g/mol. The Balaban J connectivity index is 2.74. The number of halogens is 1. The van der Waals surface area contributed by atoms with Crippen LogP contribution in [0.15, 0.2) is 18.2 Å². The van der Waals surface area contributed by atoms with Crippen molar-refractivity contribution >= 4 is 15.9 Å². The van der Waals surface area contributed by atoms with Crippen LogP contribution in [0.1, 0.15) is 12.0 Å². The third-order valence-corrected chi connectivity index (χ3v) is 3.37. The fourth-order valence-corrected chi connectivity index (χ4v) is 2.22. The molecule has 116 valence electrons. The van der Waals surface area contributed by atoms with Gasteiger partial charge in [0, 0.05) is 20.1 Å². The van der Waals surface area contributed by atoms with Crippen LogP contribution < -0.4 is 9.44 Å². The van der Waals surface area contributed by atoms with E-state index in [0.29, 0.717) is 0 Å². The largest absolute Gasteiger partial charge is 0.395 e. The van der Waals surface area contributed by atoms with Crippen molar-refractivity contribution in [3.63, 3.8) is 0 Å². The Bertz CT molecular complexity index is 623. The third kappa shape index (κ3) is 6.55. The Labute approximate surface area is 123 Å². The van der Waals surface area contributed by atoms with Crippen molar-refractivity contribution < 1.29 is 22.7 Å². The number of hydrogen-bond acceptors (Lipinski definition) is 4. The lowest BCUT2D eigenvalue weighted by Crippen LogP contribution is -2.32. The summed E-state index contributed by atoms with van der Waals surface area (Å²) >= 11 is 0. The van der Waals surface area contributed by atoms with Crippen molar-refractivity contribution in [2.24, 2.45) is 0 Å². The second-order valence-corrected chi connectivity index (χ2v) is 5.46. The molecule has 0 aromatic heterocycles. The van der Waals surface area contributed by atoms with E-state index in [1.165, 1.54) is 19.2 Å². The maximum absolute atomic E-state index is 13.7. The van der Waals surface area contributed by atoms with E-state index < -0.39 is 16.0 Å². The van der Waals surface area contributed by atoms with Crippen molar-refractivity contribution in [2.45, 2.75) is 6.42 Å². The zero-order chi connectivity index (χ0) is 15.7. The molecule has 1 aromatic carbocycles. The highest BCUT2D eigenvalue weighted by molar-refractivity contribution is 7.90. The van der Waals surface area contributed by atoms with E-state index in [2.05, 4.69) is 21.3 Å². The molecule has 0 atom stereocenters. The highest BCUT2D eigenvalue weighted by atomic mass is 32.2. The van der Waals surface area contributed by atoms with Gasteiger partial charge in [-0.25, -0.2) is 4.39 Å². The number of ether oxygens (including phenoxy) is 1. The van der Waals surface area contributed by atoms with Crippen molar-refractivity contribution in [1.29, 1.82) is 0 Å². The van der Waals surface area contributed by atoms with Gasteiger partial charge in [-0.2, -0.15) is 13.1 Å². The topological polar surface area (TPSA) is 87.7 Å². The van der Waals surface area contributed by atoms with Crippen LogP contribution in [0, 0.1) is 17.7 Å². The minimum Gasteiger partial charge on any atom is -0.395 e. The maximum atomic E-state index is 13.7. The minimum absolute atomic E-state index is 0.0881. The van der Waals surface area contributed by atoms with E-state index >= 15 is 0 Å². The Kier molecular flexibility index (Phi) is 7.11. The summed E-state index contributed by atoms with van der Waals surface area (Å²) in [5, 5.41) is 8.59.